The van der Waals surface area contributed by atoms with Gasteiger partial charge in [-0.15, -0.1) is 0 Å². The predicted molar refractivity (Wildman–Crippen MR) is 165 cm³/mol. The van der Waals surface area contributed by atoms with Gasteiger partial charge in [0.05, 0.1) is 12.6 Å². The van der Waals surface area contributed by atoms with E-state index in [4.69, 9.17) is 0 Å². The fourth-order valence-electron chi connectivity index (χ4n) is 7.45. The highest BCUT2D eigenvalue weighted by Gasteiger charge is 2.46. The van der Waals surface area contributed by atoms with Crippen molar-refractivity contribution in [2.75, 3.05) is 39.3 Å². The van der Waals surface area contributed by atoms with Gasteiger partial charge in [-0.25, -0.2) is 13.6 Å². The Labute approximate surface area is 256 Å². The highest BCUT2D eigenvalue weighted by molar-refractivity contribution is 5.75. The summed E-state index contributed by atoms with van der Waals surface area (Å²) < 4.78 is 29.3. The number of piperidine rings is 1. The second kappa shape index (κ2) is 13.2. The monoisotopic (exact) mass is 605 g/mol. The number of aromatic nitrogens is 1. The standard InChI is InChI=1S/C34H41F2N5O3/c35-26-9-10-29(36)28(20-26)31-21-27(37-15-19-42)12-16-41(31)33(44)39-17-18-40(34(23-39)13-4-5-14-34)22-25-8-11-30(38-32(25)43)24-6-2-1-3-7-24/h1-3,6-11,20,27,31,37,42H,4-5,12-19,21-23H2,(H,38,43)/t27?,31-/m0/s1. The SMILES string of the molecule is O=C(N1CCN(Cc2ccc(-c3ccccc3)[nH]c2=O)C2(CCCC2)C1)N1CCC(NCCO)C[C@H]1c1cc(F)ccc1F. The summed E-state index contributed by atoms with van der Waals surface area (Å²) in [5.74, 6) is -1.07. The first kappa shape index (κ1) is 30.4. The van der Waals surface area contributed by atoms with Crippen LogP contribution in [0.25, 0.3) is 11.3 Å². The molecular formula is C34H41F2N5O3. The molecule has 3 N–H and O–H groups in total. The molecule has 1 unspecified atom stereocenters. The molecule has 1 spiro atoms. The minimum Gasteiger partial charge on any atom is -0.395 e. The lowest BCUT2D eigenvalue weighted by atomic mass is 9.90. The molecule has 234 valence electrons. The summed E-state index contributed by atoms with van der Waals surface area (Å²) in [5, 5.41) is 12.6. The van der Waals surface area contributed by atoms with E-state index in [1.165, 1.54) is 6.07 Å². The molecule has 2 aliphatic heterocycles. The van der Waals surface area contributed by atoms with Crippen LogP contribution < -0.4 is 10.9 Å². The lowest BCUT2D eigenvalue weighted by molar-refractivity contribution is -0.00252. The summed E-state index contributed by atoms with van der Waals surface area (Å²) in [6.45, 7) is 2.94. The topological polar surface area (TPSA) is 91.9 Å². The van der Waals surface area contributed by atoms with E-state index >= 15 is 4.39 Å². The zero-order valence-electron chi connectivity index (χ0n) is 25.0. The minimum atomic E-state index is -0.623. The van der Waals surface area contributed by atoms with Crippen LogP contribution in [0, 0.1) is 11.6 Å². The summed E-state index contributed by atoms with van der Waals surface area (Å²) in [4.78, 5) is 36.4. The Morgan fingerprint density at radius 2 is 1.82 bits per heavy atom. The average molecular weight is 606 g/mol. The molecule has 2 atom stereocenters. The van der Waals surface area contributed by atoms with Crippen LogP contribution in [0.2, 0.25) is 0 Å². The van der Waals surface area contributed by atoms with Gasteiger partial charge in [-0.05, 0) is 55.5 Å². The van der Waals surface area contributed by atoms with Crippen molar-refractivity contribution in [3.8, 4) is 11.3 Å². The molecule has 2 amide bonds. The smallest absolute Gasteiger partial charge is 0.320 e. The van der Waals surface area contributed by atoms with Crippen molar-refractivity contribution in [2.24, 2.45) is 0 Å². The number of piperazine rings is 1. The highest BCUT2D eigenvalue weighted by atomic mass is 19.1. The summed E-state index contributed by atoms with van der Waals surface area (Å²) >= 11 is 0. The maximum absolute atomic E-state index is 15.1. The molecule has 1 aromatic heterocycles. The van der Waals surface area contributed by atoms with Crippen LogP contribution in [0.1, 0.15) is 55.7 Å². The number of carbonyl (C=O) groups excluding carboxylic acids is 1. The zero-order chi connectivity index (χ0) is 30.7. The molecule has 6 rings (SSSR count). The normalized spacial score (nSPS) is 22.1. The number of urea groups is 1. The molecule has 44 heavy (non-hydrogen) atoms. The number of hydrogen-bond acceptors (Lipinski definition) is 5. The Bertz CT molecular complexity index is 1510. The Balaban J connectivity index is 1.20. The van der Waals surface area contributed by atoms with E-state index in [-0.39, 0.29) is 35.3 Å². The number of H-pyrrole nitrogens is 1. The van der Waals surface area contributed by atoms with Gasteiger partial charge in [-0.1, -0.05) is 49.2 Å². The summed E-state index contributed by atoms with van der Waals surface area (Å²) in [7, 11) is 0. The molecule has 3 fully saturated rings. The van der Waals surface area contributed by atoms with Crippen molar-refractivity contribution < 1.29 is 18.7 Å². The van der Waals surface area contributed by atoms with Crippen LogP contribution in [0.3, 0.4) is 0 Å². The summed E-state index contributed by atoms with van der Waals surface area (Å²) in [6.07, 6.45) is 5.07. The van der Waals surface area contributed by atoms with E-state index in [1.54, 1.807) is 4.90 Å². The van der Waals surface area contributed by atoms with Crippen LogP contribution in [-0.4, -0.2) is 81.7 Å². The van der Waals surface area contributed by atoms with Crippen molar-refractivity contribution in [1.82, 2.24) is 25.0 Å². The van der Waals surface area contributed by atoms with Crippen LogP contribution in [0.5, 0.6) is 0 Å². The Morgan fingerprint density at radius 1 is 1.02 bits per heavy atom. The number of likely N-dealkylation sites (tertiary alicyclic amines) is 1. The predicted octanol–water partition coefficient (Wildman–Crippen LogP) is 4.66. The molecule has 1 aliphatic carbocycles. The highest BCUT2D eigenvalue weighted by Crippen LogP contribution is 2.40. The zero-order valence-corrected chi connectivity index (χ0v) is 25.0. The summed E-state index contributed by atoms with van der Waals surface area (Å²) in [5.41, 5.74) is 2.29. The van der Waals surface area contributed by atoms with E-state index in [0.717, 1.165) is 49.1 Å². The third kappa shape index (κ3) is 6.29. The Hall–Kier alpha value is -3.60. The maximum Gasteiger partial charge on any atom is 0.320 e. The molecule has 2 saturated heterocycles. The average Bonchev–Trinajstić information content (AvgIpc) is 3.51. The number of rotatable bonds is 7. The molecule has 10 heteroatoms. The van der Waals surface area contributed by atoms with Gasteiger partial charge in [0.15, 0.2) is 0 Å². The van der Waals surface area contributed by atoms with Gasteiger partial charge < -0.3 is 25.2 Å². The molecule has 0 radical (unpaired) electrons. The largest absolute Gasteiger partial charge is 0.395 e. The summed E-state index contributed by atoms with van der Waals surface area (Å²) in [6, 6.07) is 16.3. The van der Waals surface area contributed by atoms with Crippen LogP contribution in [0.4, 0.5) is 13.6 Å². The molecule has 2 aromatic carbocycles. The maximum atomic E-state index is 15.1. The Kier molecular flexibility index (Phi) is 9.11. The van der Waals surface area contributed by atoms with Gasteiger partial charge in [0, 0.05) is 67.7 Å². The number of nitrogens with one attached hydrogen (secondary N) is 2. The number of aromatic amines is 1. The molecule has 3 heterocycles. The van der Waals surface area contributed by atoms with Crippen molar-refractivity contribution >= 4 is 6.03 Å². The first-order chi connectivity index (χ1) is 21.4. The fourth-order valence-corrected chi connectivity index (χ4v) is 7.45. The van der Waals surface area contributed by atoms with Crippen molar-refractivity contribution in [2.45, 2.75) is 62.7 Å². The third-order valence-corrected chi connectivity index (χ3v) is 9.75. The molecule has 8 nitrogen and oxygen atoms in total. The molecular weight excluding hydrogens is 564 g/mol. The second-order valence-electron chi connectivity index (χ2n) is 12.4. The number of amides is 2. The van der Waals surface area contributed by atoms with Crippen molar-refractivity contribution in [3.05, 3.63) is 93.8 Å². The van der Waals surface area contributed by atoms with E-state index in [0.29, 0.717) is 57.7 Å². The number of halogens is 2. The quantitative estimate of drug-likeness (QED) is 0.365. The van der Waals surface area contributed by atoms with Crippen molar-refractivity contribution in [1.29, 1.82) is 0 Å². The molecule has 3 aliphatic rings. The van der Waals surface area contributed by atoms with E-state index in [9.17, 15) is 19.1 Å². The van der Waals surface area contributed by atoms with E-state index < -0.39 is 17.7 Å². The van der Waals surface area contributed by atoms with Gasteiger partial charge in [0.2, 0.25) is 0 Å². The second-order valence-corrected chi connectivity index (χ2v) is 12.4. The minimum absolute atomic E-state index is 0.0203. The number of carbonyl (C=O) groups is 1. The van der Waals surface area contributed by atoms with Gasteiger partial charge in [-0.2, -0.15) is 0 Å². The molecule has 0 bridgehead atoms. The van der Waals surface area contributed by atoms with Gasteiger partial charge in [0.25, 0.3) is 5.56 Å². The van der Waals surface area contributed by atoms with E-state index in [2.05, 4.69) is 15.2 Å². The van der Waals surface area contributed by atoms with E-state index in [1.807, 2.05) is 47.4 Å². The fraction of sp³-hybridized carbons (Fsp3) is 0.471. The van der Waals surface area contributed by atoms with Gasteiger partial charge in [0.1, 0.15) is 11.6 Å². The Morgan fingerprint density at radius 3 is 2.57 bits per heavy atom. The van der Waals surface area contributed by atoms with Gasteiger partial charge in [-0.3, -0.25) is 9.69 Å². The van der Waals surface area contributed by atoms with Crippen LogP contribution >= 0.6 is 0 Å². The first-order valence-electron chi connectivity index (χ1n) is 15.7. The number of benzene rings is 2. The number of hydrogen-bond donors (Lipinski definition) is 3. The number of aliphatic hydroxyl groups excluding tert-OH is 1. The number of nitrogens with zero attached hydrogens (tertiary/aromatic N) is 3. The van der Waals surface area contributed by atoms with Crippen LogP contribution in [-0.2, 0) is 6.54 Å². The first-order valence-corrected chi connectivity index (χ1v) is 15.7. The number of aliphatic hydroxyl groups is 1. The lowest BCUT2D eigenvalue weighted by Crippen LogP contribution is -2.64. The lowest BCUT2D eigenvalue weighted by Gasteiger charge is -2.51. The molecule has 3 aromatic rings. The van der Waals surface area contributed by atoms with Gasteiger partial charge >= 0.3 is 6.03 Å². The van der Waals surface area contributed by atoms with Crippen molar-refractivity contribution in [3.63, 3.8) is 0 Å². The van der Waals surface area contributed by atoms with Crippen LogP contribution in [0.15, 0.2) is 65.5 Å². The third-order valence-electron chi connectivity index (χ3n) is 9.75. The number of pyridine rings is 1. The molecule has 1 saturated carbocycles.